The zero-order chi connectivity index (χ0) is 19.2. The summed E-state index contributed by atoms with van der Waals surface area (Å²) in [6.07, 6.45) is 1.43. The minimum absolute atomic E-state index is 0.0510. The van der Waals surface area contributed by atoms with Crippen LogP contribution in [-0.4, -0.2) is 65.9 Å². The van der Waals surface area contributed by atoms with Crippen molar-refractivity contribution in [1.29, 1.82) is 0 Å². The second-order valence-corrected chi connectivity index (χ2v) is 7.24. The summed E-state index contributed by atoms with van der Waals surface area (Å²) in [5.41, 5.74) is 1.09. The van der Waals surface area contributed by atoms with Gasteiger partial charge in [-0.3, -0.25) is 14.5 Å². The topological polar surface area (TPSA) is 96.4 Å². The van der Waals surface area contributed by atoms with E-state index in [2.05, 4.69) is 0 Å². The number of imide groups is 1. The van der Waals surface area contributed by atoms with Gasteiger partial charge in [0.25, 0.3) is 5.91 Å². The number of ether oxygens (including phenoxy) is 2. The molecule has 1 unspecified atom stereocenters. The van der Waals surface area contributed by atoms with Crippen LogP contribution in [-0.2, 0) is 19.1 Å². The molecule has 3 saturated heterocycles. The molecule has 1 aromatic carbocycles. The summed E-state index contributed by atoms with van der Waals surface area (Å²) in [5.74, 6) is -2.22. The SMILES string of the molecule is Cc1ccc(C(=O)O)cc1N1C(=O)CC(N2CCC3(CC2)OCCO3)C1=O. The number of aromatic carboxylic acids is 1. The van der Waals surface area contributed by atoms with E-state index in [4.69, 9.17) is 9.47 Å². The number of carboxylic acids is 1. The Bertz CT molecular complexity index is 791. The number of rotatable bonds is 3. The van der Waals surface area contributed by atoms with Gasteiger partial charge >= 0.3 is 5.97 Å². The Kier molecular flexibility index (Phi) is 4.49. The molecule has 0 radical (unpaired) electrons. The number of aryl methyl sites for hydroxylation is 1. The van der Waals surface area contributed by atoms with Crippen molar-refractivity contribution in [2.24, 2.45) is 0 Å². The summed E-state index contributed by atoms with van der Waals surface area (Å²) in [6.45, 7) is 4.17. The summed E-state index contributed by atoms with van der Waals surface area (Å²) in [5, 5.41) is 9.21. The van der Waals surface area contributed by atoms with E-state index >= 15 is 0 Å². The molecule has 144 valence electrons. The first-order chi connectivity index (χ1) is 12.9. The molecule has 1 spiro atoms. The minimum atomic E-state index is -1.09. The number of carbonyl (C=O) groups excluding carboxylic acids is 2. The number of benzene rings is 1. The van der Waals surface area contributed by atoms with Crippen LogP contribution in [0.15, 0.2) is 18.2 Å². The number of carboxylic acid groups (broad SMARTS) is 1. The van der Waals surface area contributed by atoms with Crippen LogP contribution in [0.1, 0.15) is 35.2 Å². The number of hydrogen-bond donors (Lipinski definition) is 1. The smallest absolute Gasteiger partial charge is 0.335 e. The molecular formula is C19H22N2O6. The first kappa shape index (κ1) is 18.1. The van der Waals surface area contributed by atoms with Gasteiger partial charge in [-0.2, -0.15) is 0 Å². The molecule has 8 nitrogen and oxygen atoms in total. The predicted molar refractivity (Wildman–Crippen MR) is 94.5 cm³/mol. The Morgan fingerprint density at radius 2 is 1.85 bits per heavy atom. The Morgan fingerprint density at radius 1 is 1.19 bits per heavy atom. The lowest BCUT2D eigenvalue weighted by molar-refractivity contribution is -0.188. The molecule has 1 aromatic rings. The van der Waals surface area contributed by atoms with Gasteiger partial charge in [0.2, 0.25) is 5.91 Å². The third-order valence-corrected chi connectivity index (χ3v) is 5.63. The molecule has 0 aromatic heterocycles. The second-order valence-electron chi connectivity index (χ2n) is 7.24. The molecule has 0 saturated carbocycles. The zero-order valence-corrected chi connectivity index (χ0v) is 15.1. The van der Waals surface area contributed by atoms with Crippen molar-refractivity contribution in [1.82, 2.24) is 4.90 Å². The van der Waals surface area contributed by atoms with E-state index in [-0.39, 0.29) is 23.8 Å². The van der Waals surface area contributed by atoms with Crippen LogP contribution in [0.4, 0.5) is 5.69 Å². The number of nitrogens with zero attached hydrogens (tertiary/aromatic N) is 2. The van der Waals surface area contributed by atoms with Crippen molar-refractivity contribution in [3.05, 3.63) is 29.3 Å². The van der Waals surface area contributed by atoms with Crippen LogP contribution < -0.4 is 4.90 Å². The summed E-state index contributed by atoms with van der Waals surface area (Å²) in [4.78, 5) is 40.0. The third-order valence-electron chi connectivity index (χ3n) is 5.63. The van der Waals surface area contributed by atoms with E-state index in [9.17, 15) is 19.5 Å². The number of amides is 2. The minimum Gasteiger partial charge on any atom is -0.478 e. The van der Waals surface area contributed by atoms with Crippen LogP contribution >= 0.6 is 0 Å². The van der Waals surface area contributed by atoms with Gasteiger partial charge in [-0.25, -0.2) is 9.69 Å². The van der Waals surface area contributed by atoms with Gasteiger partial charge in [-0.1, -0.05) is 6.07 Å². The molecule has 0 aliphatic carbocycles. The van der Waals surface area contributed by atoms with Gasteiger partial charge in [-0.15, -0.1) is 0 Å². The highest BCUT2D eigenvalue weighted by molar-refractivity contribution is 6.23. The van der Waals surface area contributed by atoms with Crippen LogP contribution in [0, 0.1) is 6.92 Å². The maximum Gasteiger partial charge on any atom is 0.335 e. The largest absolute Gasteiger partial charge is 0.478 e. The van der Waals surface area contributed by atoms with E-state index < -0.39 is 17.8 Å². The van der Waals surface area contributed by atoms with E-state index in [0.717, 1.165) is 4.90 Å². The lowest BCUT2D eigenvalue weighted by atomic mass is 10.0. The molecule has 8 heteroatoms. The molecule has 1 atom stereocenters. The van der Waals surface area contributed by atoms with Crippen LogP contribution in [0.25, 0.3) is 0 Å². The fraction of sp³-hybridized carbons (Fsp3) is 0.526. The van der Waals surface area contributed by atoms with Crippen LogP contribution in [0.3, 0.4) is 0 Å². The third kappa shape index (κ3) is 3.13. The average Bonchev–Trinajstić information content (AvgIpc) is 3.21. The van der Waals surface area contributed by atoms with Crippen molar-refractivity contribution in [3.63, 3.8) is 0 Å². The van der Waals surface area contributed by atoms with E-state index in [1.807, 2.05) is 4.90 Å². The molecule has 3 aliphatic rings. The Hall–Kier alpha value is -2.29. The average molecular weight is 374 g/mol. The lowest BCUT2D eigenvalue weighted by Crippen LogP contribution is -2.51. The van der Waals surface area contributed by atoms with E-state index in [1.165, 1.54) is 12.1 Å². The van der Waals surface area contributed by atoms with Crippen molar-refractivity contribution >= 4 is 23.5 Å². The molecule has 3 aliphatic heterocycles. The van der Waals surface area contributed by atoms with Gasteiger partial charge in [-0.05, 0) is 24.6 Å². The molecular weight excluding hydrogens is 352 g/mol. The van der Waals surface area contributed by atoms with Gasteiger partial charge in [0.15, 0.2) is 5.79 Å². The summed E-state index contributed by atoms with van der Waals surface area (Å²) in [6, 6.07) is 3.95. The highest BCUT2D eigenvalue weighted by Gasteiger charge is 2.47. The maximum absolute atomic E-state index is 13.0. The molecule has 3 fully saturated rings. The number of hydrogen-bond acceptors (Lipinski definition) is 6. The van der Waals surface area contributed by atoms with Crippen LogP contribution in [0.2, 0.25) is 0 Å². The zero-order valence-electron chi connectivity index (χ0n) is 15.1. The number of carbonyl (C=O) groups is 3. The van der Waals surface area contributed by atoms with Crippen molar-refractivity contribution in [2.75, 3.05) is 31.2 Å². The molecule has 27 heavy (non-hydrogen) atoms. The summed E-state index contributed by atoms with van der Waals surface area (Å²) in [7, 11) is 0. The molecule has 2 amide bonds. The van der Waals surface area contributed by atoms with Crippen molar-refractivity contribution in [3.8, 4) is 0 Å². The first-order valence-corrected chi connectivity index (χ1v) is 9.13. The molecule has 0 bridgehead atoms. The fourth-order valence-electron chi connectivity index (χ4n) is 4.10. The monoisotopic (exact) mass is 374 g/mol. The first-order valence-electron chi connectivity index (χ1n) is 9.13. The number of piperidine rings is 1. The molecule has 4 rings (SSSR count). The number of likely N-dealkylation sites (tertiary alicyclic amines) is 1. The van der Waals surface area contributed by atoms with Gasteiger partial charge in [0, 0.05) is 25.9 Å². The lowest BCUT2D eigenvalue weighted by Gasteiger charge is -2.39. The summed E-state index contributed by atoms with van der Waals surface area (Å²) < 4.78 is 11.4. The van der Waals surface area contributed by atoms with Crippen molar-refractivity contribution < 1.29 is 29.0 Å². The Balaban J connectivity index is 1.53. The van der Waals surface area contributed by atoms with Crippen LogP contribution in [0.5, 0.6) is 0 Å². The summed E-state index contributed by atoms with van der Waals surface area (Å²) >= 11 is 0. The maximum atomic E-state index is 13.0. The quantitative estimate of drug-likeness (QED) is 0.793. The molecule has 3 heterocycles. The van der Waals surface area contributed by atoms with Gasteiger partial charge < -0.3 is 14.6 Å². The van der Waals surface area contributed by atoms with Crippen molar-refractivity contribution in [2.45, 2.75) is 38.0 Å². The fourth-order valence-corrected chi connectivity index (χ4v) is 4.10. The standard InChI is InChI=1S/C19H22N2O6/c1-12-2-3-13(18(24)25)10-14(12)21-16(22)11-15(17(21)23)20-6-4-19(5-7-20)26-8-9-27-19/h2-3,10,15H,4-9,11H2,1H3,(H,24,25). The van der Waals surface area contributed by atoms with Gasteiger partial charge in [0.05, 0.1) is 36.9 Å². The Morgan fingerprint density at radius 3 is 2.48 bits per heavy atom. The van der Waals surface area contributed by atoms with Gasteiger partial charge in [0.1, 0.15) is 0 Å². The predicted octanol–water partition coefficient (Wildman–Crippen LogP) is 1.16. The second kappa shape index (κ2) is 6.70. The van der Waals surface area contributed by atoms with E-state index in [0.29, 0.717) is 50.4 Å². The Labute approximate surface area is 156 Å². The normalized spacial score (nSPS) is 25.5. The van der Waals surface area contributed by atoms with E-state index in [1.54, 1.807) is 13.0 Å². The number of anilines is 1. The highest BCUT2D eigenvalue weighted by Crippen LogP contribution is 2.35. The highest BCUT2D eigenvalue weighted by atomic mass is 16.7. The molecule has 1 N–H and O–H groups in total.